The van der Waals surface area contributed by atoms with Crippen molar-refractivity contribution < 1.29 is 0 Å². The van der Waals surface area contributed by atoms with Crippen LogP contribution in [0.15, 0.2) is 48.8 Å². The Bertz CT molecular complexity index is 584. The first-order valence-electron chi connectivity index (χ1n) is 5.06. The van der Waals surface area contributed by atoms with Gasteiger partial charge in [0.2, 0.25) is 0 Å². The number of benzene rings is 1. The second-order valence-corrected chi connectivity index (χ2v) is 3.80. The van der Waals surface area contributed by atoms with E-state index in [1.807, 2.05) is 6.20 Å². The zero-order valence-corrected chi connectivity index (χ0v) is 8.57. The third-order valence-corrected chi connectivity index (χ3v) is 2.72. The largest absolute Gasteiger partial charge is 0.360 e. The van der Waals surface area contributed by atoms with Gasteiger partial charge in [0.1, 0.15) is 0 Å². The van der Waals surface area contributed by atoms with Gasteiger partial charge in [0.05, 0.1) is 11.0 Å². The molecule has 2 heterocycles. The van der Waals surface area contributed by atoms with Gasteiger partial charge in [0.25, 0.3) is 0 Å². The fourth-order valence-electron chi connectivity index (χ4n) is 1.88. The van der Waals surface area contributed by atoms with Gasteiger partial charge < -0.3 is 9.55 Å². The molecule has 2 aromatic heterocycles. The zero-order chi connectivity index (χ0) is 10.3. The van der Waals surface area contributed by atoms with Gasteiger partial charge in [-0.3, -0.25) is 0 Å². The van der Waals surface area contributed by atoms with E-state index in [0.29, 0.717) is 0 Å². The number of aromatic nitrogens is 2. The summed E-state index contributed by atoms with van der Waals surface area (Å²) < 4.78 is 2.19. The Morgan fingerprint density at radius 3 is 2.60 bits per heavy atom. The van der Waals surface area contributed by atoms with E-state index in [4.69, 9.17) is 0 Å². The van der Waals surface area contributed by atoms with Crippen LogP contribution in [0.5, 0.6) is 0 Å². The van der Waals surface area contributed by atoms with E-state index in [0.717, 1.165) is 0 Å². The highest BCUT2D eigenvalue weighted by atomic mass is 15.0. The molecule has 0 aliphatic carbocycles. The first kappa shape index (κ1) is 8.36. The molecule has 0 spiro atoms. The van der Waals surface area contributed by atoms with E-state index in [2.05, 4.69) is 59.1 Å². The molecule has 74 valence electrons. The molecule has 3 rings (SSSR count). The molecule has 0 radical (unpaired) electrons. The second-order valence-electron chi connectivity index (χ2n) is 3.80. The Morgan fingerprint density at radius 2 is 1.80 bits per heavy atom. The van der Waals surface area contributed by atoms with Crippen LogP contribution >= 0.6 is 0 Å². The quantitative estimate of drug-likeness (QED) is 0.616. The molecule has 2 nitrogen and oxygen atoms in total. The fourth-order valence-corrected chi connectivity index (χ4v) is 1.88. The van der Waals surface area contributed by atoms with Gasteiger partial charge in [-0.25, -0.2) is 0 Å². The van der Waals surface area contributed by atoms with Crippen LogP contribution in [-0.2, 0) is 0 Å². The minimum absolute atomic E-state index is 1.18. The highest BCUT2D eigenvalue weighted by Gasteiger charge is 2.02. The van der Waals surface area contributed by atoms with Crippen molar-refractivity contribution in [3.8, 4) is 5.69 Å². The maximum Gasteiger partial charge on any atom is 0.0706 e. The molecule has 0 unspecified atom stereocenters. The highest BCUT2D eigenvalue weighted by Crippen LogP contribution is 2.19. The van der Waals surface area contributed by atoms with Crippen LogP contribution in [0, 0.1) is 6.92 Å². The number of fused-ring (bicyclic) bond motifs is 1. The molecule has 15 heavy (non-hydrogen) atoms. The topological polar surface area (TPSA) is 20.7 Å². The van der Waals surface area contributed by atoms with E-state index in [9.17, 15) is 0 Å². The third-order valence-electron chi connectivity index (χ3n) is 2.72. The van der Waals surface area contributed by atoms with E-state index < -0.39 is 0 Å². The van der Waals surface area contributed by atoms with Crippen molar-refractivity contribution in [1.29, 1.82) is 0 Å². The number of H-pyrrole nitrogens is 1. The predicted octanol–water partition coefficient (Wildman–Crippen LogP) is 3.27. The lowest BCUT2D eigenvalue weighted by molar-refractivity contribution is 1.13. The van der Waals surface area contributed by atoms with Gasteiger partial charge in [-0.05, 0) is 31.2 Å². The van der Waals surface area contributed by atoms with Gasteiger partial charge in [0.15, 0.2) is 0 Å². The van der Waals surface area contributed by atoms with Gasteiger partial charge in [-0.2, -0.15) is 0 Å². The maximum atomic E-state index is 3.20. The van der Waals surface area contributed by atoms with E-state index >= 15 is 0 Å². The first-order valence-corrected chi connectivity index (χ1v) is 5.06. The summed E-state index contributed by atoms with van der Waals surface area (Å²) in [5.74, 6) is 0. The van der Waals surface area contributed by atoms with Crippen LogP contribution in [0.3, 0.4) is 0 Å². The number of aromatic amines is 1. The zero-order valence-electron chi connectivity index (χ0n) is 8.57. The summed E-state index contributed by atoms with van der Waals surface area (Å²) in [6, 6.07) is 12.7. The van der Waals surface area contributed by atoms with Crippen molar-refractivity contribution in [2.75, 3.05) is 0 Å². The summed E-state index contributed by atoms with van der Waals surface area (Å²) >= 11 is 0. The van der Waals surface area contributed by atoms with Crippen LogP contribution in [-0.4, -0.2) is 9.55 Å². The molecule has 0 aliphatic heterocycles. The summed E-state index contributed by atoms with van der Waals surface area (Å²) in [4.78, 5) is 3.20. The van der Waals surface area contributed by atoms with E-state index in [1.165, 1.54) is 22.3 Å². The normalized spacial score (nSPS) is 11.0. The van der Waals surface area contributed by atoms with Crippen molar-refractivity contribution in [3.05, 3.63) is 54.4 Å². The monoisotopic (exact) mass is 196 g/mol. The van der Waals surface area contributed by atoms with Crippen molar-refractivity contribution in [2.24, 2.45) is 0 Å². The van der Waals surface area contributed by atoms with Gasteiger partial charge in [0, 0.05) is 18.1 Å². The molecule has 3 aromatic rings. The predicted molar refractivity (Wildman–Crippen MR) is 62.4 cm³/mol. The van der Waals surface area contributed by atoms with E-state index in [-0.39, 0.29) is 0 Å². The number of hydrogen-bond acceptors (Lipinski definition) is 0. The lowest BCUT2D eigenvalue weighted by Crippen LogP contribution is -1.90. The average molecular weight is 196 g/mol. The second kappa shape index (κ2) is 3.02. The Hall–Kier alpha value is -1.96. The molecule has 0 atom stereocenters. The lowest BCUT2D eigenvalue weighted by Gasteiger charge is -2.03. The van der Waals surface area contributed by atoms with Crippen molar-refractivity contribution in [1.82, 2.24) is 9.55 Å². The highest BCUT2D eigenvalue weighted by molar-refractivity contribution is 5.78. The summed E-state index contributed by atoms with van der Waals surface area (Å²) in [6.07, 6.45) is 4.06. The summed E-state index contributed by atoms with van der Waals surface area (Å²) in [5.41, 5.74) is 4.89. The molecule has 0 saturated carbocycles. The summed E-state index contributed by atoms with van der Waals surface area (Å²) in [6.45, 7) is 2.10. The number of hydrogen-bond donors (Lipinski definition) is 1. The van der Waals surface area contributed by atoms with Crippen molar-refractivity contribution in [2.45, 2.75) is 6.92 Å². The fraction of sp³-hybridized carbons (Fsp3) is 0.0769. The van der Waals surface area contributed by atoms with E-state index in [1.54, 1.807) is 0 Å². The lowest BCUT2D eigenvalue weighted by atomic mass is 10.2. The van der Waals surface area contributed by atoms with Crippen molar-refractivity contribution in [3.63, 3.8) is 0 Å². The van der Waals surface area contributed by atoms with Gasteiger partial charge in [-0.15, -0.1) is 0 Å². The average Bonchev–Trinajstić information content (AvgIpc) is 2.80. The number of nitrogens with one attached hydrogen (secondary N) is 1. The van der Waals surface area contributed by atoms with Crippen LogP contribution in [0.2, 0.25) is 0 Å². The number of nitrogens with zero attached hydrogens (tertiary/aromatic N) is 1. The molecule has 0 fully saturated rings. The molecule has 0 saturated heterocycles. The van der Waals surface area contributed by atoms with Gasteiger partial charge >= 0.3 is 0 Å². The van der Waals surface area contributed by atoms with Gasteiger partial charge in [-0.1, -0.05) is 17.7 Å². The number of rotatable bonds is 1. The van der Waals surface area contributed by atoms with Crippen molar-refractivity contribution >= 4 is 11.0 Å². The third kappa shape index (κ3) is 1.26. The molecule has 0 bridgehead atoms. The minimum atomic E-state index is 1.18. The van der Waals surface area contributed by atoms with Crippen LogP contribution in [0.4, 0.5) is 0 Å². The first-order chi connectivity index (χ1) is 7.34. The maximum absolute atomic E-state index is 3.20. The standard InChI is InChI=1S/C13H12N2/c1-10-2-4-11(5-3-10)15-9-7-12-13(15)6-8-14-12/h2-9,14H,1H3. The molecule has 0 amide bonds. The molecule has 1 aromatic carbocycles. The molecule has 2 heteroatoms. The molecular weight excluding hydrogens is 184 g/mol. The Balaban J connectivity index is 2.21. The number of aryl methyl sites for hydroxylation is 1. The summed E-state index contributed by atoms with van der Waals surface area (Å²) in [7, 11) is 0. The van der Waals surface area contributed by atoms with Crippen LogP contribution in [0.1, 0.15) is 5.56 Å². The molecular formula is C13H12N2. The molecule has 0 aliphatic rings. The smallest absolute Gasteiger partial charge is 0.0706 e. The Morgan fingerprint density at radius 1 is 1.00 bits per heavy atom. The summed E-state index contributed by atoms with van der Waals surface area (Å²) in [5, 5.41) is 0. The Kier molecular flexibility index (Phi) is 1.68. The minimum Gasteiger partial charge on any atom is -0.360 e. The Labute approximate surface area is 88.2 Å². The molecule has 1 N–H and O–H groups in total. The SMILES string of the molecule is Cc1ccc(-n2ccc3[nH]ccc32)cc1. The van der Waals surface area contributed by atoms with Crippen LogP contribution in [0.25, 0.3) is 16.7 Å². The van der Waals surface area contributed by atoms with Crippen LogP contribution < -0.4 is 0 Å².